The van der Waals surface area contributed by atoms with Crippen LogP contribution in [0.4, 0.5) is 0 Å². The van der Waals surface area contributed by atoms with Gasteiger partial charge in [0.2, 0.25) is 0 Å². The van der Waals surface area contributed by atoms with E-state index in [1.54, 1.807) is 19.5 Å². The molecule has 26 heavy (non-hydrogen) atoms. The third-order valence-corrected chi connectivity index (χ3v) is 5.81. The highest BCUT2D eigenvalue weighted by molar-refractivity contribution is 6.04. The van der Waals surface area contributed by atoms with Crippen molar-refractivity contribution in [1.82, 2.24) is 19.8 Å². The predicted octanol–water partition coefficient (Wildman–Crippen LogP) is 2.20. The Morgan fingerprint density at radius 2 is 2.08 bits per heavy atom. The van der Waals surface area contributed by atoms with Crippen LogP contribution >= 0.6 is 0 Å². The Balaban J connectivity index is 1.50. The second-order valence-electron chi connectivity index (χ2n) is 7.58. The summed E-state index contributed by atoms with van der Waals surface area (Å²) in [5.74, 6) is 0.0852. The predicted molar refractivity (Wildman–Crippen MR) is 100 cm³/mol. The second kappa shape index (κ2) is 7.29. The first-order valence-electron chi connectivity index (χ1n) is 9.41. The topological polar surface area (TPSA) is 58.6 Å². The molecule has 0 aliphatic carbocycles. The number of fused-ring (bicyclic) bond motifs is 1. The first-order chi connectivity index (χ1) is 12.7. The number of aromatic nitrogens is 2. The number of carbonyl (C=O) groups excluding carboxylic acids is 1. The van der Waals surface area contributed by atoms with E-state index < -0.39 is 0 Å². The number of nitrogens with zero attached hydrogens (tertiary/aromatic N) is 4. The van der Waals surface area contributed by atoms with Gasteiger partial charge in [-0.3, -0.25) is 14.8 Å². The van der Waals surface area contributed by atoms with Crippen LogP contribution in [-0.4, -0.2) is 72.1 Å². The van der Waals surface area contributed by atoms with Crippen LogP contribution in [0.15, 0.2) is 30.6 Å². The molecule has 6 nitrogen and oxygen atoms in total. The van der Waals surface area contributed by atoms with Crippen LogP contribution in [0.1, 0.15) is 29.6 Å². The Morgan fingerprint density at radius 1 is 1.19 bits per heavy atom. The third kappa shape index (κ3) is 3.31. The van der Waals surface area contributed by atoms with Crippen molar-refractivity contribution in [2.24, 2.45) is 5.41 Å². The van der Waals surface area contributed by atoms with Gasteiger partial charge in [-0.1, -0.05) is 6.07 Å². The van der Waals surface area contributed by atoms with E-state index in [2.05, 4.69) is 14.9 Å². The van der Waals surface area contributed by atoms with E-state index in [1.165, 1.54) is 12.8 Å². The Morgan fingerprint density at radius 3 is 2.96 bits per heavy atom. The largest absolute Gasteiger partial charge is 0.383 e. The highest BCUT2D eigenvalue weighted by Crippen LogP contribution is 2.39. The van der Waals surface area contributed by atoms with Crippen LogP contribution < -0.4 is 0 Å². The molecule has 3 heterocycles. The lowest BCUT2D eigenvalue weighted by Gasteiger charge is -2.40. The number of methoxy groups -OCH3 is 1. The summed E-state index contributed by atoms with van der Waals surface area (Å²) in [7, 11) is 1.75. The van der Waals surface area contributed by atoms with Gasteiger partial charge in [0.1, 0.15) is 5.52 Å². The van der Waals surface area contributed by atoms with Gasteiger partial charge in [-0.2, -0.15) is 0 Å². The number of likely N-dealkylation sites (tertiary alicyclic amines) is 2. The first kappa shape index (κ1) is 17.4. The van der Waals surface area contributed by atoms with Crippen LogP contribution in [0, 0.1) is 5.41 Å². The Kier molecular flexibility index (Phi) is 4.87. The molecule has 0 radical (unpaired) electrons. The van der Waals surface area contributed by atoms with Crippen molar-refractivity contribution < 1.29 is 9.53 Å². The maximum Gasteiger partial charge on any atom is 0.256 e. The van der Waals surface area contributed by atoms with Crippen LogP contribution in [-0.2, 0) is 4.74 Å². The summed E-state index contributed by atoms with van der Waals surface area (Å²) in [6, 6.07) is 5.67. The quantitative estimate of drug-likeness (QED) is 0.842. The Labute approximate surface area is 154 Å². The maximum absolute atomic E-state index is 13.2. The van der Waals surface area contributed by atoms with E-state index in [0.29, 0.717) is 11.1 Å². The number of carbonyl (C=O) groups is 1. The highest BCUT2D eigenvalue weighted by Gasteiger charge is 2.42. The fraction of sp³-hybridized carbons (Fsp3) is 0.550. The summed E-state index contributed by atoms with van der Waals surface area (Å²) in [5.41, 5.74) is 2.37. The molecule has 0 saturated carbocycles. The van der Waals surface area contributed by atoms with Crippen molar-refractivity contribution in [3.63, 3.8) is 0 Å². The number of benzene rings is 1. The molecule has 1 amide bonds. The van der Waals surface area contributed by atoms with Gasteiger partial charge < -0.3 is 14.5 Å². The Bertz CT molecular complexity index is 791. The molecule has 0 N–H and O–H groups in total. The summed E-state index contributed by atoms with van der Waals surface area (Å²) >= 11 is 0. The molecule has 2 fully saturated rings. The molecule has 1 aromatic carbocycles. The van der Waals surface area contributed by atoms with Crippen LogP contribution in [0.2, 0.25) is 0 Å². The molecule has 2 aliphatic heterocycles. The highest BCUT2D eigenvalue weighted by atomic mass is 16.5. The molecule has 6 heteroatoms. The van der Waals surface area contributed by atoms with E-state index in [0.717, 1.165) is 51.3 Å². The maximum atomic E-state index is 13.2. The number of ether oxygens (including phenoxy) is 1. The smallest absolute Gasteiger partial charge is 0.256 e. The SMILES string of the molecule is COCCN1CCC[C@@]2(CCN(C(=O)c3cccc4nccnc34)C2)C1. The fourth-order valence-corrected chi connectivity index (χ4v) is 4.50. The lowest BCUT2D eigenvalue weighted by Crippen LogP contribution is -2.46. The number of hydrogen-bond donors (Lipinski definition) is 0. The van der Waals surface area contributed by atoms with Gasteiger partial charge in [-0.15, -0.1) is 0 Å². The zero-order valence-electron chi connectivity index (χ0n) is 15.4. The molecular weight excluding hydrogens is 328 g/mol. The van der Waals surface area contributed by atoms with E-state index in [9.17, 15) is 4.79 Å². The number of rotatable bonds is 4. The lowest BCUT2D eigenvalue weighted by atomic mass is 9.79. The molecule has 0 unspecified atom stereocenters. The average Bonchev–Trinajstić information content (AvgIpc) is 3.08. The number of hydrogen-bond acceptors (Lipinski definition) is 5. The van der Waals surface area contributed by atoms with E-state index in [-0.39, 0.29) is 11.3 Å². The number of amides is 1. The molecule has 2 aliphatic rings. The minimum absolute atomic E-state index is 0.0852. The van der Waals surface area contributed by atoms with E-state index in [1.807, 2.05) is 23.1 Å². The van der Waals surface area contributed by atoms with E-state index >= 15 is 0 Å². The fourth-order valence-electron chi connectivity index (χ4n) is 4.50. The summed E-state index contributed by atoms with van der Waals surface area (Å²) in [4.78, 5) is 26.4. The van der Waals surface area contributed by atoms with Crippen molar-refractivity contribution >= 4 is 16.9 Å². The van der Waals surface area contributed by atoms with Gasteiger partial charge >= 0.3 is 0 Å². The molecule has 2 aromatic rings. The van der Waals surface area contributed by atoms with Gasteiger partial charge in [-0.25, -0.2) is 0 Å². The monoisotopic (exact) mass is 354 g/mol. The molecular formula is C20H26N4O2. The first-order valence-corrected chi connectivity index (χ1v) is 9.41. The lowest BCUT2D eigenvalue weighted by molar-refractivity contribution is 0.0602. The number of para-hydroxylation sites is 1. The van der Waals surface area contributed by atoms with Crippen LogP contribution in [0.3, 0.4) is 0 Å². The summed E-state index contributed by atoms with van der Waals surface area (Å²) < 4.78 is 5.23. The van der Waals surface area contributed by atoms with Crippen molar-refractivity contribution in [2.75, 3.05) is 46.4 Å². The van der Waals surface area contributed by atoms with Gasteiger partial charge in [0.05, 0.1) is 17.7 Å². The summed E-state index contributed by atoms with van der Waals surface area (Å²) in [5, 5.41) is 0. The van der Waals surface area contributed by atoms with Crippen LogP contribution in [0.25, 0.3) is 11.0 Å². The molecule has 0 bridgehead atoms. The van der Waals surface area contributed by atoms with Crippen molar-refractivity contribution in [2.45, 2.75) is 19.3 Å². The molecule has 2 saturated heterocycles. The van der Waals surface area contributed by atoms with Gasteiger partial charge in [-0.05, 0) is 37.9 Å². The van der Waals surface area contributed by atoms with Gasteiger partial charge in [0, 0.05) is 51.1 Å². The summed E-state index contributed by atoms with van der Waals surface area (Å²) in [6.45, 7) is 5.62. The van der Waals surface area contributed by atoms with Gasteiger partial charge in [0.25, 0.3) is 5.91 Å². The molecule has 1 atom stereocenters. The van der Waals surface area contributed by atoms with Crippen molar-refractivity contribution in [3.8, 4) is 0 Å². The third-order valence-electron chi connectivity index (χ3n) is 5.81. The second-order valence-corrected chi connectivity index (χ2v) is 7.58. The Hall–Kier alpha value is -2.05. The average molecular weight is 354 g/mol. The van der Waals surface area contributed by atoms with E-state index in [4.69, 9.17) is 4.74 Å². The minimum Gasteiger partial charge on any atom is -0.383 e. The zero-order valence-corrected chi connectivity index (χ0v) is 15.4. The molecule has 138 valence electrons. The zero-order chi connectivity index (χ0) is 18.0. The van der Waals surface area contributed by atoms with Crippen molar-refractivity contribution in [1.29, 1.82) is 0 Å². The molecule has 1 aromatic heterocycles. The molecule has 4 rings (SSSR count). The minimum atomic E-state index is 0.0852. The molecule has 1 spiro atoms. The number of piperidine rings is 1. The normalized spacial score (nSPS) is 23.8. The van der Waals surface area contributed by atoms with Gasteiger partial charge in [0.15, 0.2) is 0 Å². The standard InChI is InChI=1S/C20H26N4O2/c1-26-13-12-23-10-3-6-20(14-23)7-11-24(15-20)19(25)16-4-2-5-17-18(16)22-9-8-21-17/h2,4-5,8-9H,3,6-7,10-15H2,1H3/t20-/m1/s1. The van der Waals surface area contributed by atoms with Crippen molar-refractivity contribution in [3.05, 3.63) is 36.2 Å². The summed E-state index contributed by atoms with van der Waals surface area (Å²) in [6.07, 6.45) is 6.80. The van der Waals surface area contributed by atoms with Crippen LogP contribution in [0.5, 0.6) is 0 Å².